The van der Waals surface area contributed by atoms with Gasteiger partial charge >= 0.3 is 0 Å². The van der Waals surface area contributed by atoms with E-state index < -0.39 is 10.0 Å². The second kappa shape index (κ2) is 9.19. The zero-order chi connectivity index (χ0) is 14.4. The first-order valence-electron chi connectivity index (χ1n) is 7.13. The maximum Gasteiger partial charge on any atom is 0.223 e. The second-order valence-corrected chi connectivity index (χ2v) is 8.46. The number of amides is 1. The van der Waals surface area contributed by atoms with Crippen LogP contribution in [-0.4, -0.2) is 68.6 Å². The van der Waals surface area contributed by atoms with Crippen LogP contribution in [0.1, 0.15) is 12.8 Å². The third kappa shape index (κ3) is 5.94. The number of piperidine rings is 1. The van der Waals surface area contributed by atoms with Crippen LogP contribution in [0.3, 0.4) is 0 Å². The van der Waals surface area contributed by atoms with Crippen molar-refractivity contribution in [1.29, 1.82) is 0 Å². The number of nitrogens with zero attached hydrogens (tertiary/aromatic N) is 1. The SMILES string of the molecule is Cl.O=C(NCCS(=O)(=O)N1CCSCC1)C1CCNCC1. The Bertz CT molecular complexity index is 421. The largest absolute Gasteiger partial charge is 0.355 e. The van der Waals surface area contributed by atoms with E-state index in [1.807, 2.05) is 0 Å². The van der Waals surface area contributed by atoms with Crippen molar-refractivity contribution in [3.05, 3.63) is 0 Å². The van der Waals surface area contributed by atoms with Crippen LogP contribution in [0.2, 0.25) is 0 Å². The van der Waals surface area contributed by atoms with Crippen LogP contribution in [0.5, 0.6) is 0 Å². The molecule has 6 nitrogen and oxygen atoms in total. The van der Waals surface area contributed by atoms with E-state index in [0.29, 0.717) is 13.1 Å². The van der Waals surface area contributed by atoms with Gasteiger partial charge in [0.2, 0.25) is 15.9 Å². The second-order valence-electron chi connectivity index (χ2n) is 5.14. The van der Waals surface area contributed by atoms with Crippen LogP contribution in [0, 0.1) is 5.92 Å². The first-order valence-corrected chi connectivity index (χ1v) is 9.90. The van der Waals surface area contributed by atoms with Gasteiger partial charge < -0.3 is 10.6 Å². The smallest absolute Gasteiger partial charge is 0.223 e. The lowest BCUT2D eigenvalue weighted by Gasteiger charge is -2.26. The van der Waals surface area contributed by atoms with Crippen molar-refractivity contribution in [2.45, 2.75) is 12.8 Å². The van der Waals surface area contributed by atoms with Gasteiger partial charge in [-0.2, -0.15) is 11.8 Å². The maximum absolute atomic E-state index is 12.1. The summed E-state index contributed by atoms with van der Waals surface area (Å²) in [7, 11) is -3.22. The Balaban J connectivity index is 0.00000220. The molecule has 2 N–H and O–H groups in total. The van der Waals surface area contributed by atoms with Gasteiger partial charge in [-0.15, -0.1) is 12.4 Å². The first kappa shape index (κ1) is 19.0. The van der Waals surface area contributed by atoms with Gasteiger partial charge in [0.15, 0.2) is 0 Å². The van der Waals surface area contributed by atoms with Gasteiger partial charge in [-0.1, -0.05) is 0 Å². The molecule has 2 rings (SSSR count). The van der Waals surface area contributed by atoms with Crippen LogP contribution in [0.4, 0.5) is 0 Å². The zero-order valence-electron chi connectivity index (χ0n) is 12.0. The van der Waals surface area contributed by atoms with Crippen molar-refractivity contribution in [2.24, 2.45) is 5.92 Å². The van der Waals surface area contributed by atoms with Crippen LogP contribution in [0.25, 0.3) is 0 Å². The molecule has 0 aromatic rings. The highest BCUT2D eigenvalue weighted by molar-refractivity contribution is 7.99. The molecule has 0 radical (unpaired) electrons. The number of carbonyl (C=O) groups is 1. The van der Waals surface area contributed by atoms with Crippen molar-refractivity contribution < 1.29 is 13.2 Å². The maximum atomic E-state index is 12.1. The van der Waals surface area contributed by atoms with Gasteiger partial charge in [-0.05, 0) is 25.9 Å². The third-order valence-electron chi connectivity index (χ3n) is 3.73. The molecule has 0 aromatic carbocycles. The molecule has 0 aliphatic carbocycles. The van der Waals surface area contributed by atoms with Gasteiger partial charge in [-0.25, -0.2) is 12.7 Å². The number of carbonyl (C=O) groups excluding carboxylic acids is 1. The Kier molecular flexibility index (Phi) is 8.33. The molecule has 0 aromatic heterocycles. The summed E-state index contributed by atoms with van der Waals surface area (Å²) in [5, 5.41) is 5.98. The minimum absolute atomic E-state index is 0. The van der Waals surface area contributed by atoms with Crippen LogP contribution >= 0.6 is 24.2 Å². The summed E-state index contributed by atoms with van der Waals surface area (Å²) in [6.45, 7) is 3.13. The standard InChI is InChI=1S/C12H23N3O3S2.ClH/c16-12(11-1-3-13-4-2-11)14-5-10-20(17,18)15-6-8-19-9-7-15;/h11,13H,1-10H2,(H,14,16);1H. The molecule has 2 aliphatic rings. The van der Waals surface area contributed by atoms with Crippen LogP contribution in [0.15, 0.2) is 0 Å². The van der Waals surface area contributed by atoms with Gasteiger partial charge in [0, 0.05) is 37.1 Å². The summed E-state index contributed by atoms with van der Waals surface area (Å²) in [5.41, 5.74) is 0. The first-order chi connectivity index (χ1) is 9.59. The van der Waals surface area contributed by atoms with E-state index in [0.717, 1.165) is 37.4 Å². The Morgan fingerprint density at radius 1 is 1.24 bits per heavy atom. The topological polar surface area (TPSA) is 78.5 Å². The zero-order valence-corrected chi connectivity index (χ0v) is 14.5. The predicted octanol–water partition coefficient (Wildman–Crippen LogP) is -0.0974. The Labute approximate surface area is 137 Å². The van der Waals surface area contributed by atoms with Crippen molar-refractivity contribution in [3.8, 4) is 0 Å². The Morgan fingerprint density at radius 3 is 2.48 bits per heavy atom. The Hall–Kier alpha value is -0.0200. The van der Waals surface area contributed by atoms with Gasteiger partial charge in [0.1, 0.15) is 0 Å². The van der Waals surface area contributed by atoms with Crippen molar-refractivity contribution in [2.75, 3.05) is 50.0 Å². The van der Waals surface area contributed by atoms with Crippen LogP contribution in [-0.2, 0) is 14.8 Å². The highest BCUT2D eigenvalue weighted by Crippen LogP contribution is 2.13. The van der Waals surface area contributed by atoms with E-state index >= 15 is 0 Å². The van der Waals surface area contributed by atoms with E-state index in [2.05, 4.69) is 10.6 Å². The molecule has 0 atom stereocenters. The minimum atomic E-state index is -3.22. The lowest BCUT2D eigenvalue weighted by atomic mass is 9.97. The number of rotatable bonds is 5. The molecule has 2 aliphatic heterocycles. The van der Waals surface area contributed by atoms with Crippen molar-refractivity contribution in [1.82, 2.24) is 14.9 Å². The monoisotopic (exact) mass is 357 g/mol. The molecule has 0 spiro atoms. The Morgan fingerprint density at radius 2 is 1.86 bits per heavy atom. The van der Waals surface area contributed by atoms with Gasteiger partial charge in [0.25, 0.3) is 0 Å². The summed E-state index contributed by atoms with van der Waals surface area (Å²) >= 11 is 1.78. The number of hydrogen-bond acceptors (Lipinski definition) is 5. The highest BCUT2D eigenvalue weighted by Gasteiger charge is 2.25. The fraction of sp³-hybridized carbons (Fsp3) is 0.917. The van der Waals surface area contributed by atoms with E-state index in [4.69, 9.17) is 0 Å². The lowest BCUT2D eigenvalue weighted by Crippen LogP contribution is -2.43. The quantitative estimate of drug-likeness (QED) is 0.718. The number of nitrogens with one attached hydrogen (secondary N) is 2. The molecule has 2 saturated heterocycles. The minimum Gasteiger partial charge on any atom is -0.355 e. The van der Waals surface area contributed by atoms with Gasteiger partial charge in [0.05, 0.1) is 5.75 Å². The summed E-state index contributed by atoms with van der Waals surface area (Å²) in [6, 6.07) is 0. The highest BCUT2D eigenvalue weighted by atomic mass is 35.5. The molecule has 9 heteroatoms. The van der Waals surface area contributed by atoms with Crippen molar-refractivity contribution >= 4 is 40.1 Å². The van der Waals surface area contributed by atoms with E-state index in [-0.39, 0.29) is 36.5 Å². The number of hydrogen-bond donors (Lipinski definition) is 2. The van der Waals surface area contributed by atoms with E-state index in [1.165, 1.54) is 0 Å². The molecule has 1 amide bonds. The molecule has 124 valence electrons. The van der Waals surface area contributed by atoms with Gasteiger partial charge in [-0.3, -0.25) is 4.79 Å². The molecule has 0 saturated carbocycles. The summed E-state index contributed by atoms with van der Waals surface area (Å²) in [6.07, 6.45) is 1.67. The normalized spacial score (nSPS) is 21.5. The molecule has 21 heavy (non-hydrogen) atoms. The number of thioether (sulfide) groups is 1. The van der Waals surface area contributed by atoms with E-state index in [1.54, 1.807) is 16.1 Å². The molecule has 2 heterocycles. The summed E-state index contributed by atoms with van der Waals surface area (Å²) < 4.78 is 25.7. The lowest BCUT2D eigenvalue weighted by molar-refractivity contribution is -0.125. The molecule has 0 bridgehead atoms. The number of sulfonamides is 1. The average Bonchev–Trinajstić information content (AvgIpc) is 2.49. The molecular formula is C12H24ClN3O3S2. The molecule has 0 unspecified atom stereocenters. The van der Waals surface area contributed by atoms with E-state index in [9.17, 15) is 13.2 Å². The predicted molar refractivity (Wildman–Crippen MR) is 88.5 cm³/mol. The molecular weight excluding hydrogens is 334 g/mol. The molecule has 2 fully saturated rings. The third-order valence-corrected chi connectivity index (χ3v) is 6.55. The fourth-order valence-electron chi connectivity index (χ4n) is 2.49. The fourth-order valence-corrected chi connectivity index (χ4v) is 4.98. The summed E-state index contributed by atoms with van der Waals surface area (Å²) in [4.78, 5) is 11.9. The van der Waals surface area contributed by atoms with Crippen LogP contribution < -0.4 is 10.6 Å². The number of halogens is 1. The van der Waals surface area contributed by atoms with Crippen molar-refractivity contribution in [3.63, 3.8) is 0 Å². The summed E-state index contributed by atoms with van der Waals surface area (Å²) in [5.74, 6) is 1.76. The average molecular weight is 358 g/mol.